The number of carbonyl (C=O) groups is 2. The van der Waals surface area contributed by atoms with Crippen LogP contribution in [0.25, 0.3) is 0 Å². The maximum absolute atomic E-state index is 12.2. The summed E-state index contributed by atoms with van der Waals surface area (Å²) in [5.74, 6) is 0.595. The molecule has 1 N–H and O–H groups in total. The lowest BCUT2D eigenvalue weighted by Crippen LogP contribution is -2.49. The highest BCUT2D eigenvalue weighted by Crippen LogP contribution is 2.17. The van der Waals surface area contributed by atoms with Crippen molar-refractivity contribution >= 4 is 23.0 Å². The Morgan fingerprint density at radius 3 is 2.56 bits per heavy atom. The van der Waals surface area contributed by atoms with Crippen molar-refractivity contribution in [2.24, 2.45) is 5.92 Å². The summed E-state index contributed by atoms with van der Waals surface area (Å²) in [6.45, 7) is 10.4. The Kier molecular flexibility index (Phi) is 8.06. The molecule has 1 aliphatic heterocycles. The highest BCUT2D eigenvalue weighted by Gasteiger charge is 2.22. The van der Waals surface area contributed by atoms with E-state index in [1.165, 1.54) is 11.3 Å². The third kappa shape index (κ3) is 6.88. The van der Waals surface area contributed by atoms with Crippen LogP contribution in [0.4, 0.5) is 0 Å². The number of carbonyl (C=O) groups excluding carboxylic acids is 2. The molecule has 6 heteroatoms. The Hall–Kier alpha value is -1.24. The Morgan fingerprint density at radius 2 is 1.96 bits per heavy atom. The number of morpholine rings is 1. The van der Waals surface area contributed by atoms with Gasteiger partial charge in [0.05, 0.1) is 18.1 Å². The Balaban J connectivity index is 1.76. The molecule has 0 aromatic carbocycles. The quantitative estimate of drug-likeness (QED) is 0.683. The van der Waals surface area contributed by atoms with Crippen LogP contribution >= 0.6 is 11.3 Å². The van der Waals surface area contributed by atoms with E-state index < -0.39 is 0 Å². The molecule has 1 aromatic heterocycles. The zero-order valence-electron chi connectivity index (χ0n) is 15.5. The van der Waals surface area contributed by atoms with Gasteiger partial charge in [0.15, 0.2) is 5.78 Å². The minimum atomic E-state index is -0.0383. The van der Waals surface area contributed by atoms with Crippen LogP contribution in [-0.2, 0) is 9.53 Å². The lowest BCUT2D eigenvalue weighted by Gasteiger charge is -2.35. The van der Waals surface area contributed by atoms with Gasteiger partial charge in [-0.05, 0) is 31.4 Å². The van der Waals surface area contributed by atoms with Gasteiger partial charge in [0.1, 0.15) is 0 Å². The lowest BCUT2D eigenvalue weighted by atomic mass is 10.0. The predicted octanol–water partition coefficient (Wildman–Crippen LogP) is 2.88. The summed E-state index contributed by atoms with van der Waals surface area (Å²) in [5, 5.41) is 3.03. The Labute approximate surface area is 154 Å². The van der Waals surface area contributed by atoms with Crippen molar-refractivity contribution in [3.8, 4) is 0 Å². The third-order valence-corrected chi connectivity index (χ3v) is 5.48. The first-order valence-corrected chi connectivity index (χ1v) is 9.95. The lowest BCUT2D eigenvalue weighted by molar-refractivity contribution is -0.121. The molecule has 140 valence electrons. The summed E-state index contributed by atoms with van der Waals surface area (Å²) in [4.78, 5) is 28.5. The van der Waals surface area contributed by atoms with Crippen molar-refractivity contribution in [3.63, 3.8) is 0 Å². The third-order valence-electron chi connectivity index (χ3n) is 4.43. The molecule has 1 atom stereocenters. The number of nitrogens with zero attached hydrogens (tertiary/aromatic N) is 1. The first-order chi connectivity index (χ1) is 12.0. The highest BCUT2D eigenvalue weighted by atomic mass is 32.1. The second-order valence-corrected chi connectivity index (χ2v) is 8.36. The maximum Gasteiger partial charge on any atom is 0.220 e. The average Bonchev–Trinajstić information content (AvgIpc) is 3.03. The molecule has 1 fully saturated rings. The number of amides is 1. The zero-order valence-corrected chi connectivity index (χ0v) is 16.4. The van der Waals surface area contributed by atoms with Crippen molar-refractivity contribution in [2.45, 2.75) is 46.1 Å². The van der Waals surface area contributed by atoms with E-state index in [2.05, 4.69) is 24.1 Å². The van der Waals surface area contributed by atoms with E-state index in [0.717, 1.165) is 42.5 Å². The molecule has 0 aliphatic carbocycles. The second kappa shape index (κ2) is 10.0. The fourth-order valence-corrected chi connectivity index (χ4v) is 3.94. The van der Waals surface area contributed by atoms with Crippen LogP contribution in [0.15, 0.2) is 12.1 Å². The van der Waals surface area contributed by atoms with Crippen LogP contribution in [-0.4, -0.2) is 55.5 Å². The van der Waals surface area contributed by atoms with E-state index in [-0.39, 0.29) is 24.5 Å². The average molecular weight is 367 g/mol. The maximum atomic E-state index is 12.2. The number of Topliss-reactive ketones (excluding diaryl/α,β-unsaturated/α-hetero) is 1. The summed E-state index contributed by atoms with van der Waals surface area (Å²) in [5.41, 5.74) is 0. The van der Waals surface area contributed by atoms with Crippen LogP contribution in [0.2, 0.25) is 0 Å². The number of aryl methyl sites for hydroxylation is 1. The first kappa shape index (κ1) is 20.1. The topological polar surface area (TPSA) is 58.6 Å². The zero-order chi connectivity index (χ0) is 18.2. The fourth-order valence-electron chi connectivity index (χ4n) is 3.10. The molecule has 1 aliphatic rings. The summed E-state index contributed by atoms with van der Waals surface area (Å²) < 4.78 is 5.42. The molecule has 1 saturated heterocycles. The van der Waals surface area contributed by atoms with Crippen molar-refractivity contribution in [3.05, 3.63) is 21.9 Å². The van der Waals surface area contributed by atoms with Gasteiger partial charge in [0.25, 0.3) is 0 Å². The molecule has 0 bridgehead atoms. The van der Waals surface area contributed by atoms with E-state index in [1.807, 2.05) is 19.1 Å². The SMILES string of the molecule is Cc1ccc(C(=O)CCC(=O)NCC(CC(C)C)N2CCOCC2)s1. The number of hydrogen-bond acceptors (Lipinski definition) is 5. The Morgan fingerprint density at radius 1 is 1.24 bits per heavy atom. The van der Waals surface area contributed by atoms with Gasteiger partial charge in [-0.15, -0.1) is 11.3 Å². The van der Waals surface area contributed by atoms with Gasteiger partial charge in [-0.25, -0.2) is 0 Å². The van der Waals surface area contributed by atoms with Crippen LogP contribution in [0.1, 0.15) is 47.7 Å². The monoisotopic (exact) mass is 366 g/mol. The molecular formula is C19H30N2O3S. The summed E-state index contributed by atoms with van der Waals surface area (Å²) >= 11 is 1.49. The summed E-state index contributed by atoms with van der Waals surface area (Å²) in [7, 11) is 0. The molecule has 0 spiro atoms. The predicted molar refractivity (Wildman–Crippen MR) is 101 cm³/mol. The molecule has 0 radical (unpaired) electrons. The van der Waals surface area contributed by atoms with E-state index in [9.17, 15) is 9.59 Å². The van der Waals surface area contributed by atoms with Crippen molar-refractivity contribution in [1.29, 1.82) is 0 Å². The smallest absolute Gasteiger partial charge is 0.220 e. The van der Waals surface area contributed by atoms with E-state index in [0.29, 0.717) is 18.5 Å². The molecule has 0 saturated carbocycles. The van der Waals surface area contributed by atoms with Crippen LogP contribution in [0.5, 0.6) is 0 Å². The molecule has 25 heavy (non-hydrogen) atoms. The molecule has 2 rings (SSSR count). The van der Waals surface area contributed by atoms with E-state index in [4.69, 9.17) is 4.74 Å². The van der Waals surface area contributed by atoms with Gasteiger partial charge < -0.3 is 10.1 Å². The van der Waals surface area contributed by atoms with Gasteiger partial charge in [0.2, 0.25) is 5.91 Å². The number of thiophene rings is 1. The molecule has 1 unspecified atom stereocenters. The second-order valence-electron chi connectivity index (χ2n) is 7.07. The molecule has 2 heterocycles. The minimum absolute atomic E-state index is 0.0383. The van der Waals surface area contributed by atoms with Gasteiger partial charge in [0, 0.05) is 43.4 Å². The number of ether oxygens (including phenoxy) is 1. The van der Waals surface area contributed by atoms with Crippen LogP contribution in [0, 0.1) is 12.8 Å². The molecular weight excluding hydrogens is 336 g/mol. The van der Waals surface area contributed by atoms with Crippen LogP contribution in [0.3, 0.4) is 0 Å². The molecule has 5 nitrogen and oxygen atoms in total. The first-order valence-electron chi connectivity index (χ1n) is 9.14. The van der Waals surface area contributed by atoms with Gasteiger partial charge in [-0.2, -0.15) is 0 Å². The van der Waals surface area contributed by atoms with Crippen molar-refractivity contribution in [1.82, 2.24) is 10.2 Å². The van der Waals surface area contributed by atoms with Gasteiger partial charge in [-0.3, -0.25) is 14.5 Å². The summed E-state index contributed by atoms with van der Waals surface area (Å²) in [6.07, 6.45) is 1.58. The Bertz CT molecular complexity index is 565. The standard InChI is InChI=1S/C19H30N2O3S/c1-14(2)12-16(21-8-10-24-11-9-21)13-20-19(23)7-5-17(22)18-6-4-15(3)25-18/h4,6,14,16H,5,7-13H2,1-3H3,(H,20,23). The number of nitrogens with one attached hydrogen (secondary N) is 1. The van der Waals surface area contributed by atoms with Crippen LogP contribution < -0.4 is 5.32 Å². The number of hydrogen-bond donors (Lipinski definition) is 1. The number of rotatable bonds is 9. The van der Waals surface area contributed by atoms with Crippen molar-refractivity contribution in [2.75, 3.05) is 32.8 Å². The largest absolute Gasteiger partial charge is 0.379 e. The van der Waals surface area contributed by atoms with E-state index in [1.54, 1.807) is 0 Å². The summed E-state index contributed by atoms with van der Waals surface area (Å²) in [6, 6.07) is 4.12. The van der Waals surface area contributed by atoms with E-state index >= 15 is 0 Å². The molecule has 1 aromatic rings. The molecule has 1 amide bonds. The highest BCUT2D eigenvalue weighted by molar-refractivity contribution is 7.14. The fraction of sp³-hybridized carbons (Fsp3) is 0.684. The normalized spacial score (nSPS) is 16.8. The van der Waals surface area contributed by atoms with Gasteiger partial charge >= 0.3 is 0 Å². The minimum Gasteiger partial charge on any atom is -0.379 e. The van der Waals surface area contributed by atoms with Gasteiger partial charge in [-0.1, -0.05) is 13.8 Å². The van der Waals surface area contributed by atoms with Crippen molar-refractivity contribution < 1.29 is 14.3 Å². The number of ketones is 1.